The number of benzene rings is 2. The maximum absolute atomic E-state index is 12.7. The number of carbonyl (C=O) groups excluding carboxylic acids is 3. The quantitative estimate of drug-likeness (QED) is 0.184. The topological polar surface area (TPSA) is 111 Å². The highest BCUT2D eigenvalue weighted by atomic mass is 79.9. The highest BCUT2D eigenvalue weighted by molar-refractivity contribution is 9.10. The Morgan fingerprint density at radius 1 is 1.06 bits per heavy atom. The molecule has 0 unspecified atom stereocenters. The molecule has 1 aliphatic rings. The number of hydrogen-bond donors (Lipinski definition) is 0. The lowest BCUT2D eigenvalue weighted by atomic mass is 10.1. The number of nitro groups is 1. The third kappa shape index (κ3) is 4.56. The standard InChI is InChI=1S/C22H13BrN2O6S/c23-15-5-1-13(2-6-15)18(26)12-24-21(27)20(32-22(24)28)11-17-9-10-19(31-17)14-3-7-16(8-4-14)25(29)30/h1-11H,12H2/b20-11+. The van der Waals surface area contributed by atoms with Gasteiger partial charge in [-0.15, -0.1) is 0 Å². The maximum Gasteiger partial charge on any atom is 0.293 e. The molecule has 1 aromatic heterocycles. The van der Waals surface area contributed by atoms with Gasteiger partial charge in [-0.05, 0) is 48.2 Å². The molecule has 1 fully saturated rings. The van der Waals surface area contributed by atoms with Crippen molar-refractivity contribution in [3.05, 3.63) is 91.5 Å². The van der Waals surface area contributed by atoms with E-state index < -0.39 is 16.1 Å². The fourth-order valence-electron chi connectivity index (χ4n) is 2.97. The molecule has 10 heteroatoms. The van der Waals surface area contributed by atoms with Crippen LogP contribution >= 0.6 is 27.7 Å². The smallest absolute Gasteiger partial charge is 0.293 e. The van der Waals surface area contributed by atoms with Gasteiger partial charge in [0.1, 0.15) is 11.5 Å². The second kappa shape index (κ2) is 8.93. The monoisotopic (exact) mass is 512 g/mol. The van der Waals surface area contributed by atoms with Crippen LogP contribution in [0.1, 0.15) is 16.1 Å². The fourth-order valence-corrected chi connectivity index (χ4v) is 4.05. The average molecular weight is 513 g/mol. The number of carbonyl (C=O) groups is 3. The Kier molecular flexibility index (Phi) is 6.06. The number of ketones is 1. The first-order valence-corrected chi connectivity index (χ1v) is 10.8. The molecule has 0 atom stereocenters. The first-order valence-electron chi connectivity index (χ1n) is 9.20. The molecule has 0 bridgehead atoms. The van der Waals surface area contributed by atoms with Gasteiger partial charge < -0.3 is 4.42 Å². The van der Waals surface area contributed by atoms with Crippen molar-refractivity contribution in [2.75, 3.05) is 6.54 Å². The molecule has 160 valence electrons. The Bertz CT molecular complexity index is 1260. The molecule has 2 heterocycles. The van der Waals surface area contributed by atoms with E-state index in [0.717, 1.165) is 21.1 Å². The summed E-state index contributed by atoms with van der Waals surface area (Å²) in [5, 5.41) is 10.2. The number of amides is 2. The molecule has 2 amide bonds. The van der Waals surface area contributed by atoms with Crippen molar-refractivity contribution >= 4 is 56.4 Å². The Balaban J connectivity index is 1.48. The van der Waals surface area contributed by atoms with E-state index >= 15 is 0 Å². The van der Waals surface area contributed by atoms with Gasteiger partial charge in [-0.25, -0.2) is 0 Å². The zero-order valence-corrected chi connectivity index (χ0v) is 18.6. The molecule has 1 aliphatic heterocycles. The van der Waals surface area contributed by atoms with Crippen molar-refractivity contribution in [1.82, 2.24) is 4.90 Å². The van der Waals surface area contributed by atoms with E-state index in [1.165, 1.54) is 18.2 Å². The number of Topliss-reactive ketones (excluding diaryl/α,β-unsaturated/α-hetero) is 1. The minimum Gasteiger partial charge on any atom is -0.457 e. The number of nitro benzene ring substituents is 1. The lowest BCUT2D eigenvalue weighted by Gasteiger charge is -2.11. The minimum atomic E-state index is -0.571. The van der Waals surface area contributed by atoms with Crippen LogP contribution in [-0.4, -0.2) is 33.3 Å². The van der Waals surface area contributed by atoms with Crippen LogP contribution in [0.2, 0.25) is 0 Å². The van der Waals surface area contributed by atoms with Gasteiger partial charge in [0.2, 0.25) is 0 Å². The molecule has 0 N–H and O–H groups in total. The Morgan fingerprint density at radius 2 is 1.75 bits per heavy atom. The van der Waals surface area contributed by atoms with Gasteiger partial charge in [-0.3, -0.25) is 29.4 Å². The highest BCUT2D eigenvalue weighted by Gasteiger charge is 2.36. The first kappa shape index (κ1) is 21.7. The molecule has 2 aromatic carbocycles. The van der Waals surface area contributed by atoms with Crippen LogP contribution in [0.15, 0.2) is 74.5 Å². The lowest BCUT2D eigenvalue weighted by Crippen LogP contribution is -2.33. The SMILES string of the molecule is O=C(CN1C(=O)S/C(=C/c2ccc(-c3ccc([N+](=O)[O-])cc3)o2)C1=O)c1ccc(Br)cc1. The van der Waals surface area contributed by atoms with E-state index in [4.69, 9.17) is 4.42 Å². The Hall–Kier alpha value is -3.50. The third-order valence-electron chi connectivity index (χ3n) is 4.60. The number of nitrogens with zero attached hydrogens (tertiary/aromatic N) is 2. The summed E-state index contributed by atoms with van der Waals surface area (Å²) in [6.45, 7) is -0.351. The maximum atomic E-state index is 12.7. The van der Waals surface area contributed by atoms with Crippen molar-refractivity contribution in [3.63, 3.8) is 0 Å². The number of halogens is 1. The van der Waals surface area contributed by atoms with Gasteiger partial charge in [-0.2, -0.15) is 0 Å². The van der Waals surface area contributed by atoms with Crippen molar-refractivity contribution in [2.45, 2.75) is 0 Å². The minimum absolute atomic E-state index is 0.0353. The van der Waals surface area contributed by atoms with Gasteiger partial charge in [0.05, 0.1) is 16.4 Å². The molecule has 0 aliphatic carbocycles. The predicted molar refractivity (Wildman–Crippen MR) is 122 cm³/mol. The predicted octanol–water partition coefficient (Wildman–Crippen LogP) is 5.54. The molecular weight excluding hydrogens is 500 g/mol. The molecule has 0 saturated carbocycles. The first-order chi connectivity index (χ1) is 15.3. The summed E-state index contributed by atoms with van der Waals surface area (Å²) in [6, 6.07) is 15.8. The Morgan fingerprint density at radius 3 is 2.41 bits per heavy atom. The molecule has 8 nitrogen and oxygen atoms in total. The molecular formula is C22H13BrN2O6S. The second-order valence-corrected chi connectivity index (χ2v) is 8.61. The molecule has 0 radical (unpaired) electrons. The zero-order chi connectivity index (χ0) is 22.8. The van der Waals surface area contributed by atoms with E-state index in [1.54, 1.807) is 48.5 Å². The molecule has 4 rings (SSSR count). The summed E-state index contributed by atoms with van der Waals surface area (Å²) in [6.07, 6.45) is 1.43. The lowest BCUT2D eigenvalue weighted by molar-refractivity contribution is -0.384. The largest absolute Gasteiger partial charge is 0.457 e. The van der Waals surface area contributed by atoms with Crippen LogP contribution in [0, 0.1) is 10.1 Å². The molecule has 0 spiro atoms. The number of non-ortho nitro benzene ring substituents is 1. The third-order valence-corrected chi connectivity index (χ3v) is 6.04. The van der Waals surface area contributed by atoms with Crippen LogP contribution in [0.3, 0.4) is 0 Å². The fraction of sp³-hybridized carbons (Fsp3) is 0.0455. The van der Waals surface area contributed by atoms with Crippen LogP contribution in [0.25, 0.3) is 17.4 Å². The second-order valence-electron chi connectivity index (χ2n) is 6.70. The van der Waals surface area contributed by atoms with Crippen LogP contribution in [0.4, 0.5) is 10.5 Å². The summed E-state index contributed by atoms with van der Waals surface area (Å²) >= 11 is 4.02. The van der Waals surface area contributed by atoms with Crippen LogP contribution in [0.5, 0.6) is 0 Å². The normalized spacial score (nSPS) is 14.9. The van der Waals surface area contributed by atoms with E-state index in [-0.39, 0.29) is 22.9 Å². The number of imide groups is 1. The van der Waals surface area contributed by atoms with Gasteiger partial charge in [0.15, 0.2) is 5.78 Å². The Labute approximate surface area is 194 Å². The molecule has 3 aromatic rings. The number of furan rings is 1. The average Bonchev–Trinajstić information content (AvgIpc) is 3.34. The van der Waals surface area contributed by atoms with Gasteiger partial charge in [0.25, 0.3) is 16.8 Å². The van der Waals surface area contributed by atoms with Crippen molar-refractivity contribution in [2.24, 2.45) is 0 Å². The van der Waals surface area contributed by atoms with Gasteiger partial charge in [0, 0.05) is 33.8 Å². The van der Waals surface area contributed by atoms with E-state index in [9.17, 15) is 24.5 Å². The molecule has 32 heavy (non-hydrogen) atoms. The van der Waals surface area contributed by atoms with Crippen molar-refractivity contribution < 1.29 is 23.7 Å². The number of hydrogen-bond acceptors (Lipinski definition) is 7. The number of rotatable bonds is 6. The van der Waals surface area contributed by atoms with E-state index in [1.807, 2.05) is 0 Å². The summed E-state index contributed by atoms with van der Waals surface area (Å²) in [5.74, 6) is -0.128. The summed E-state index contributed by atoms with van der Waals surface area (Å²) in [4.78, 5) is 48.7. The summed E-state index contributed by atoms with van der Waals surface area (Å²) in [5.41, 5.74) is 0.991. The highest BCUT2D eigenvalue weighted by Crippen LogP contribution is 2.33. The van der Waals surface area contributed by atoms with Crippen molar-refractivity contribution in [1.29, 1.82) is 0 Å². The van der Waals surface area contributed by atoms with E-state index in [0.29, 0.717) is 22.6 Å². The van der Waals surface area contributed by atoms with Crippen molar-refractivity contribution in [3.8, 4) is 11.3 Å². The van der Waals surface area contributed by atoms with Gasteiger partial charge >= 0.3 is 0 Å². The summed E-state index contributed by atoms with van der Waals surface area (Å²) < 4.78 is 6.51. The number of thioether (sulfide) groups is 1. The van der Waals surface area contributed by atoms with Gasteiger partial charge in [-0.1, -0.05) is 28.1 Å². The zero-order valence-electron chi connectivity index (χ0n) is 16.2. The molecule has 1 saturated heterocycles. The van der Waals surface area contributed by atoms with E-state index in [2.05, 4.69) is 15.9 Å². The van der Waals surface area contributed by atoms with Crippen LogP contribution in [-0.2, 0) is 4.79 Å². The summed E-state index contributed by atoms with van der Waals surface area (Å²) in [7, 11) is 0. The van der Waals surface area contributed by atoms with Crippen LogP contribution < -0.4 is 0 Å².